The van der Waals surface area contributed by atoms with Crippen LogP contribution in [-0.2, 0) is 5.41 Å². The van der Waals surface area contributed by atoms with Crippen molar-refractivity contribution >= 4 is 17.1 Å². The van der Waals surface area contributed by atoms with E-state index in [9.17, 15) is 0 Å². The lowest BCUT2D eigenvalue weighted by Crippen LogP contribution is -2.17. The first-order valence-corrected chi connectivity index (χ1v) is 18.3. The van der Waals surface area contributed by atoms with E-state index in [-0.39, 0.29) is 5.41 Å². The Bertz CT molecular complexity index is 2660. The topological polar surface area (TPSA) is 12.5 Å². The Kier molecular flexibility index (Phi) is 7.19. The van der Waals surface area contributed by atoms with Crippen LogP contribution in [0.3, 0.4) is 0 Å². The molecule has 1 aliphatic carbocycles. The molecule has 2 heteroatoms. The van der Waals surface area contributed by atoms with E-state index in [1.54, 1.807) is 0 Å². The summed E-state index contributed by atoms with van der Waals surface area (Å²) in [5.41, 5.74) is 17.4. The van der Waals surface area contributed by atoms with Crippen LogP contribution in [0.2, 0.25) is 0 Å². The number of hydrogen-bond acceptors (Lipinski definition) is 2. The van der Waals surface area contributed by atoms with Gasteiger partial charge in [-0.2, -0.15) is 0 Å². The summed E-state index contributed by atoms with van der Waals surface area (Å²) < 4.78 is 7.24. The minimum atomic E-state index is -0.138. The van der Waals surface area contributed by atoms with Gasteiger partial charge >= 0.3 is 0 Å². The SMILES string of the molecule is CC1(C)c2ccccc2-c2ccc(N(c3ccc(-c4ccccc4)cc3)c3cccc4c3Oc3cc(-c5ccccc5)ccc3-c3ccccc3-4)cc21. The lowest BCUT2D eigenvalue weighted by molar-refractivity contribution is 0.489. The molecule has 0 saturated carbocycles. The molecule has 2 aliphatic rings. The van der Waals surface area contributed by atoms with Gasteiger partial charge in [-0.3, -0.25) is 0 Å². The average molecular weight is 680 g/mol. The molecule has 0 radical (unpaired) electrons. The maximum atomic E-state index is 7.24. The highest BCUT2D eigenvalue weighted by atomic mass is 16.5. The number of anilines is 3. The Balaban J connectivity index is 1.19. The molecule has 252 valence electrons. The molecule has 1 heterocycles. The Morgan fingerprint density at radius 3 is 1.64 bits per heavy atom. The van der Waals surface area contributed by atoms with Crippen molar-refractivity contribution in [1.82, 2.24) is 0 Å². The summed E-state index contributed by atoms with van der Waals surface area (Å²) in [6.45, 7) is 4.69. The minimum Gasteiger partial charge on any atom is -0.454 e. The van der Waals surface area contributed by atoms with E-state index in [1.807, 2.05) is 0 Å². The van der Waals surface area contributed by atoms with Crippen LogP contribution in [0.15, 0.2) is 188 Å². The number of fused-ring (bicyclic) bond motifs is 8. The van der Waals surface area contributed by atoms with Gasteiger partial charge in [-0.1, -0.05) is 159 Å². The standard InChI is InChI=1S/C51H37NO/c1-51(2)46-22-12-11-20-42(46)43-31-29-39(33-47(43)51)52(38-27-24-36(25-28-38)34-14-5-3-6-15-34)48-23-13-21-45-41-19-10-9-18-40(41)44-30-26-37(32-49(44)53-50(45)48)35-16-7-4-8-17-35/h3-33H,1-2H3. The average Bonchev–Trinajstić information content (AvgIpc) is 3.34. The number of para-hydroxylation sites is 1. The summed E-state index contributed by atoms with van der Waals surface area (Å²) >= 11 is 0. The first kappa shape index (κ1) is 31.1. The molecule has 8 aromatic rings. The van der Waals surface area contributed by atoms with Gasteiger partial charge in [0, 0.05) is 27.9 Å². The summed E-state index contributed by atoms with van der Waals surface area (Å²) in [4.78, 5) is 2.38. The molecule has 0 unspecified atom stereocenters. The minimum absolute atomic E-state index is 0.138. The fourth-order valence-corrected chi connectivity index (χ4v) is 8.41. The molecule has 0 spiro atoms. The van der Waals surface area contributed by atoms with E-state index in [0.717, 1.165) is 61.9 Å². The number of hydrogen-bond donors (Lipinski definition) is 0. The first-order chi connectivity index (χ1) is 26.0. The van der Waals surface area contributed by atoms with Crippen LogP contribution in [0.5, 0.6) is 11.5 Å². The smallest absolute Gasteiger partial charge is 0.159 e. The van der Waals surface area contributed by atoms with E-state index in [2.05, 4.69) is 207 Å². The number of ether oxygens (including phenoxy) is 1. The normalized spacial score (nSPS) is 13.0. The van der Waals surface area contributed by atoms with Crippen molar-refractivity contribution in [2.24, 2.45) is 0 Å². The zero-order chi connectivity index (χ0) is 35.5. The summed E-state index contributed by atoms with van der Waals surface area (Å²) in [6, 6.07) is 67.7. The maximum absolute atomic E-state index is 7.24. The van der Waals surface area contributed by atoms with Gasteiger partial charge in [-0.25, -0.2) is 0 Å². The van der Waals surface area contributed by atoms with Crippen molar-refractivity contribution in [3.63, 3.8) is 0 Å². The van der Waals surface area contributed by atoms with E-state index >= 15 is 0 Å². The Hall–Kier alpha value is -6.64. The van der Waals surface area contributed by atoms with Crippen LogP contribution in [0, 0.1) is 0 Å². The number of nitrogens with zero attached hydrogens (tertiary/aromatic N) is 1. The molecule has 10 rings (SSSR count). The largest absolute Gasteiger partial charge is 0.454 e. The summed E-state index contributed by atoms with van der Waals surface area (Å²) in [5, 5.41) is 0. The molecule has 0 saturated heterocycles. The second-order valence-corrected chi connectivity index (χ2v) is 14.5. The highest BCUT2D eigenvalue weighted by Gasteiger charge is 2.36. The van der Waals surface area contributed by atoms with Gasteiger partial charge in [0.1, 0.15) is 5.75 Å². The van der Waals surface area contributed by atoms with E-state index in [4.69, 9.17) is 4.74 Å². The molecule has 1 aliphatic heterocycles. The van der Waals surface area contributed by atoms with Gasteiger partial charge in [-0.05, 0) is 98.1 Å². The fourth-order valence-electron chi connectivity index (χ4n) is 8.41. The summed E-state index contributed by atoms with van der Waals surface area (Å²) in [7, 11) is 0. The van der Waals surface area contributed by atoms with Crippen LogP contribution in [0.1, 0.15) is 25.0 Å². The lowest BCUT2D eigenvalue weighted by Gasteiger charge is -2.30. The fraction of sp³-hybridized carbons (Fsp3) is 0.0588. The molecule has 0 aromatic heterocycles. The Morgan fingerprint density at radius 1 is 0.377 bits per heavy atom. The van der Waals surface area contributed by atoms with Crippen LogP contribution < -0.4 is 9.64 Å². The molecule has 0 amide bonds. The lowest BCUT2D eigenvalue weighted by atomic mass is 9.82. The van der Waals surface area contributed by atoms with Gasteiger partial charge in [0.2, 0.25) is 0 Å². The van der Waals surface area contributed by atoms with Crippen molar-refractivity contribution in [3.05, 3.63) is 199 Å². The van der Waals surface area contributed by atoms with E-state index in [0.29, 0.717) is 0 Å². The predicted octanol–water partition coefficient (Wildman–Crippen LogP) is 14.2. The highest BCUT2D eigenvalue weighted by Crippen LogP contribution is 2.55. The van der Waals surface area contributed by atoms with Crippen molar-refractivity contribution in [2.75, 3.05) is 4.90 Å². The third-order valence-electron chi connectivity index (χ3n) is 11.1. The van der Waals surface area contributed by atoms with Crippen LogP contribution in [-0.4, -0.2) is 0 Å². The number of rotatable bonds is 5. The van der Waals surface area contributed by atoms with Gasteiger partial charge in [0.15, 0.2) is 5.75 Å². The van der Waals surface area contributed by atoms with Gasteiger partial charge in [0.25, 0.3) is 0 Å². The molecule has 0 atom stereocenters. The molecular formula is C51H37NO. The van der Waals surface area contributed by atoms with E-state index < -0.39 is 0 Å². The zero-order valence-electron chi connectivity index (χ0n) is 29.8. The van der Waals surface area contributed by atoms with Gasteiger partial charge in [0.05, 0.1) is 5.69 Å². The molecule has 8 aromatic carbocycles. The molecule has 0 bridgehead atoms. The second-order valence-electron chi connectivity index (χ2n) is 14.5. The predicted molar refractivity (Wildman–Crippen MR) is 221 cm³/mol. The first-order valence-electron chi connectivity index (χ1n) is 18.3. The number of benzene rings is 8. The van der Waals surface area contributed by atoms with E-state index in [1.165, 1.54) is 33.4 Å². The molecule has 0 fully saturated rings. The van der Waals surface area contributed by atoms with Gasteiger partial charge < -0.3 is 9.64 Å². The van der Waals surface area contributed by atoms with Crippen molar-refractivity contribution < 1.29 is 4.74 Å². The molecule has 0 N–H and O–H groups in total. The summed E-state index contributed by atoms with van der Waals surface area (Å²) in [6.07, 6.45) is 0. The molecular weight excluding hydrogens is 643 g/mol. The monoisotopic (exact) mass is 679 g/mol. The Labute approximate surface area is 311 Å². The van der Waals surface area contributed by atoms with Crippen molar-refractivity contribution in [1.29, 1.82) is 0 Å². The van der Waals surface area contributed by atoms with Crippen molar-refractivity contribution in [3.8, 4) is 67.1 Å². The Morgan fingerprint density at radius 2 is 0.906 bits per heavy atom. The van der Waals surface area contributed by atoms with Crippen molar-refractivity contribution in [2.45, 2.75) is 19.3 Å². The quantitative estimate of drug-likeness (QED) is 0.180. The summed E-state index contributed by atoms with van der Waals surface area (Å²) in [5.74, 6) is 1.68. The van der Waals surface area contributed by atoms with Crippen LogP contribution in [0.4, 0.5) is 17.1 Å². The maximum Gasteiger partial charge on any atom is 0.159 e. The highest BCUT2D eigenvalue weighted by molar-refractivity contribution is 5.96. The molecule has 53 heavy (non-hydrogen) atoms. The molecule has 2 nitrogen and oxygen atoms in total. The second kappa shape index (κ2) is 12.3. The zero-order valence-corrected chi connectivity index (χ0v) is 29.8. The third-order valence-corrected chi connectivity index (χ3v) is 11.1. The van der Waals surface area contributed by atoms with Gasteiger partial charge in [-0.15, -0.1) is 0 Å². The van der Waals surface area contributed by atoms with Crippen LogP contribution in [0.25, 0.3) is 55.6 Å². The van der Waals surface area contributed by atoms with Crippen LogP contribution >= 0.6 is 0 Å². The third kappa shape index (κ3) is 5.10.